The molecule has 276 valence electrons. The second-order valence-corrected chi connectivity index (χ2v) is 16.3. The summed E-state index contributed by atoms with van der Waals surface area (Å²) in [5.74, 6) is 0. The lowest BCUT2D eigenvalue weighted by molar-refractivity contribution is 0.673. The van der Waals surface area contributed by atoms with Gasteiger partial charge in [-0.1, -0.05) is 170 Å². The molecule has 0 saturated carbocycles. The summed E-state index contributed by atoms with van der Waals surface area (Å²) < 4.78 is 9.58. The van der Waals surface area contributed by atoms with Crippen molar-refractivity contribution in [2.75, 3.05) is 4.90 Å². The van der Waals surface area contributed by atoms with Gasteiger partial charge in [0.1, 0.15) is 11.2 Å². The van der Waals surface area contributed by atoms with Gasteiger partial charge in [-0.2, -0.15) is 0 Å². The number of furan rings is 1. The van der Waals surface area contributed by atoms with Gasteiger partial charge in [-0.15, -0.1) is 11.3 Å². The van der Waals surface area contributed by atoms with Crippen LogP contribution in [0.15, 0.2) is 217 Å². The minimum absolute atomic E-state index is 0.871. The van der Waals surface area contributed by atoms with Crippen LogP contribution >= 0.6 is 11.3 Å². The third-order valence-corrected chi connectivity index (χ3v) is 13.1. The Kier molecular flexibility index (Phi) is 7.75. The Morgan fingerprint density at radius 2 is 0.881 bits per heavy atom. The summed E-state index contributed by atoms with van der Waals surface area (Å²) in [6.45, 7) is 0. The van der Waals surface area contributed by atoms with E-state index in [9.17, 15) is 0 Å². The zero-order chi connectivity index (χ0) is 38.9. The van der Waals surface area contributed by atoms with Crippen molar-refractivity contribution in [3.63, 3.8) is 0 Å². The van der Waals surface area contributed by atoms with E-state index in [-0.39, 0.29) is 0 Å². The number of fused-ring (bicyclic) bond motifs is 11. The first kappa shape index (κ1) is 33.7. The standard InChI is InChI=1S/C56H35NOS/c1-3-14-36(15-4-1)37-26-30-40(31-27-37)57(41-32-28-39(29-33-41)42-23-13-24-48-45-20-11-12-25-53(45)59-56(42)48)51-34-50-52(35-49(51)38-16-5-2-6-17-38)58-55-47-22-10-8-19-44(47)43-18-7-9-21-46(43)54(50)55/h1-35H. The average Bonchev–Trinajstić information content (AvgIpc) is 3.89. The van der Waals surface area contributed by atoms with Gasteiger partial charge in [-0.3, -0.25) is 0 Å². The predicted octanol–water partition coefficient (Wildman–Crippen LogP) is 16.7. The second kappa shape index (κ2) is 13.6. The van der Waals surface area contributed by atoms with Crippen molar-refractivity contribution >= 4 is 92.1 Å². The van der Waals surface area contributed by atoms with Crippen LogP contribution in [-0.2, 0) is 0 Å². The smallest absolute Gasteiger partial charge is 0.143 e. The molecular weight excluding hydrogens is 735 g/mol. The highest BCUT2D eigenvalue weighted by Gasteiger charge is 2.23. The molecule has 59 heavy (non-hydrogen) atoms. The van der Waals surface area contributed by atoms with Gasteiger partial charge < -0.3 is 9.32 Å². The van der Waals surface area contributed by atoms with Crippen molar-refractivity contribution in [1.29, 1.82) is 0 Å². The molecule has 3 heteroatoms. The van der Waals surface area contributed by atoms with Crippen LogP contribution in [0.4, 0.5) is 17.1 Å². The Bertz CT molecular complexity index is 3530. The molecule has 10 aromatic carbocycles. The van der Waals surface area contributed by atoms with E-state index in [1.165, 1.54) is 58.6 Å². The lowest BCUT2D eigenvalue weighted by Gasteiger charge is -2.28. The summed E-state index contributed by atoms with van der Waals surface area (Å²) >= 11 is 1.87. The quantitative estimate of drug-likeness (QED) is 0.157. The van der Waals surface area contributed by atoms with Crippen LogP contribution in [0.2, 0.25) is 0 Å². The van der Waals surface area contributed by atoms with Crippen molar-refractivity contribution in [1.82, 2.24) is 0 Å². The Labute approximate surface area is 345 Å². The average molecular weight is 770 g/mol. The van der Waals surface area contributed by atoms with Gasteiger partial charge in [0.25, 0.3) is 0 Å². The lowest BCUT2D eigenvalue weighted by atomic mass is 9.95. The largest absolute Gasteiger partial charge is 0.455 e. The van der Waals surface area contributed by atoms with Crippen molar-refractivity contribution < 1.29 is 4.42 Å². The minimum atomic E-state index is 0.871. The van der Waals surface area contributed by atoms with Gasteiger partial charge in [0, 0.05) is 53.3 Å². The molecule has 0 amide bonds. The Hall–Kier alpha value is -7.46. The van der Waals surface area contributed by atoms with Crippen molar-refractivity contribution in [2.24, 2.45) is 0 Å². The van der Waals surface area contributed by atoms with E-state index < -0.39 is 0 Å². The molecule has 0 unspecified atom stereocenters. The third-order valence-electron chi connectivity index (χ3n) is 11.9. The van der Waals surface area contributed by atoms with Gasteiger partial charge in [-0.25, -0.2) is 0 Å². The molecule has 0 aliphatic carbocycles. The van der Waals surface area contributed by atoms with Gasteiger partial charge >= 0.3 is 0 Å². The molecular formula is C56H35NOS. The van der Waals surface area contributed by atoms with Crippen molar-refractivity contribution in [3.05, 3.63) is 212 Å². The molecule has 0 saturated heterocycles. The highest BCUT2D eigenvalue weighted by Crippen LogP contribution is 2.48. The maximum absolute atomic E-state index is 6.95. The molecule has 0 atom stereocenters. The fraction of sp³-hybridized carbons (Fsp3) is 0. The van der Waals surface area contributed by atoms with Crippen LogP contribution in [0.1, 0.15) is 0 Å². The molecule has 0 bridgehead atoms. The molecule has 12 aromatic rings. The van der Waals surface area contributed by atoms with Crippen LogP contribution < -0.4 is 4.90 Å². The summed E-state index contributed by atoms with van der Waals surface area (Å²) in [4.78, 5) is 2.42. The number of thiophene rings is 1. The Morgan fingerprint density at radius 3 is 1.59 bits per heavy atom. The maximum Gasteiger partial charge on any atom is 0.143 e. The summed E-state index contributed by atoms with van der Waals surface area (Å²) in [5, 5.41) is 9.59. The summed E-state index contributed by atoms with van der Waals surface area (Å²) in [7, 11) is 0. The van der Waals surface area contributed by atoms with Gasteiger partial charge in [0.15, 0.2) is 0 Å². The normalized spacial score (nSPS) is 11.7. The molecule has 0 aliphatic heterocycles. The van der Waals surface area contributed by atoms with E-state index >= 15 is 0 Å². The predicted molar refractivity (Wildman–Crippen MR) is 253 cm³/mol. The monoisotopic (exact) mass is 769 g/mol. The molecule has 0 spiro atoms. The Morgan fingerprint density at radius 1 is 0.356 bits per heavy atom. The first-order valence-electron chi connectivity index (χ1n) is 20.1. The molecule has 0 fully saturated rings. The second-order valence-electron chi connectivity index (χ2n) is 15.2. The first-order valence-corrected chi connectivity index (χ1v) is 20.9. The number of benzene rings is 10. The number of rotatable bonds is 6. The van der Waals surface area contributed by atoms with E-state index in [0.717, 1.165) is 55.5 Å². The first-order chi connectivity index (χ1) is 29.3. The van der Waals surface area contributed by atoms with E-state index in [1.54, 1.807) is 0 Å². The minimum Gasteiger partial charge on any atom is -0.455 e. The zero-order valence-electron chi connectivity index (χ0n) is 32.0. The van der Waals surface area contributed by atoms with E-state index in [1.807, 2.05) is 11.3 Å². The number of nitrogens with zero attached hydrogens (tertiary/aromatic N) is 1. The van der Waals surface area contributed by atoms with Crippen molar-refractivity contribution in [3.8, 4) is 33.4 Å². The topological polar surface area (TPSA) is 16.4 Å². The molecule has 2 nitrogen and oxygen atoms in total. The number of hydrogen-bond acceptors (Lipinski definition) is 3. The lowest BCUT2D eigenvalue weighted by Crippen LogP contribution is -2.11. The summed E-state index contributed by atoms with van der Waals surface area (Å²) in [6.07, 6.45) is 0. The molecule has 12 rings (SSSR count). The van der Waals surface area contributed by atoms with Crippen LogP contribution in [0, 0.1) is 0 Å². The van der Waals surface area contributed by atoms with Crippen molar-refractivity contribution in [2.45, 2.75) is 0 Å². The number of hydrogen-bond donors (Lipinski definition) is 0. The van der Waals surface area contributed by atoms with Gasteiger partial charge in [0.05, 0.1) is 5.69 Å². The van der Waals surface area contributed by atoms with Gasteiger partial charge in [-0.05, 0) is 86.4 Å². The highest BCUT2D eigenvalue weighted by atomic mass is 32.1. The highest BCUT2D eigenvalue weighted by molar-refractivity contribution is 7.26. The fourth-order valence-electron chi connectivity index (χ4n) is 9.10. The van der Waals surface area contributed by atoms with Crippen LogP contribution in [0.3, 0.4) is 0 Å². The fourth-order valence-corrected chi connectivity index (χ4v) is 10.3. The van der Waals surface area contributed by atoms with Crippen LogP contribution in [-0.4, -0.2) is 0 Å². The van der Waals surface area contributed by atoms with E-state index in [2.05, 4.69) is 217 Å². The van der Waals surface area contributed by atoms with Gasteiger partial charge in [0.2, 0.25) is 0 Å². The van der Waals surface area contributed by atoms with E-state index in [0.29, 0.717) is 0 Å². The van der Waals surface area contributed by atoms with E-state index in [4.69, 9.17) is 4.42 Å². The SMILES string of the molecule is c1ccc(-c2ccc(N(c3ccc(-c4cccc5c4sc4ccccc45)cc3)c3cc4c(cc3-c3ccccc3)oc3c5ccccc5c5ccccc5c43)cc2)cc1. The van der Waals surface area contributed by atoms with Crippen LogP contribution in [0.5, 0.6) is 0 Å². The summed E-state index contributed by atoms with van der Waals surface area (Å²) in [5.41, 5.74) is 12.1. The summed E-state index contributed by atoms with van der Waals surface area (Å²) in [6, 6.07) is 76.8. The third kappa shape index (κ3) is 5.47. The molecule has 0 aliphatic rings. The van der Waals surface area contributed by atoms with Crippen LogP contribution in [0.25, 0.3) is 97.0 Å². The Balaban J connectivity index is 1.11. The number of anilines is 3. The zero-order valence-corrected chi connectivity index (χ0v) is 32.8. The molecule has 2 aromatic heterocycles. The molecule has 0 radical (unpaired) electrons. The molecule has 0 N–H and O–H groups in total. The maximum atomic E-state index is 6.95. The molecule has 2 heterocycles.